The molecule has 0 spiro atoms. The molecule has 2 fully saturated rings. The predicted octanol–water partition coefficient (Wildman–Crippen LogP) is 2.45. The van der Waals surface area contributed by atoms with Crippen LogP contribution in [0.25, 0.3) is 0 Å². The molecule has 2 aliphatic rings. The zero-order valence-electron chi connectivity index (χ0n) is 13.3. The highest BCUT2D eigenvalue weighted by Crippen LogP contribution is 2.33. The van der Waals surface area contributed by atoms with Gasteiger partial charge in [0.1, 0.15) is 5.84 Å². The van der Waals surface area contributed by atoms with Crippen LogP contribution >= 0.6 is 0 Å². The first-order chi connectivity index (χ1) is 9.60. The molecule has 0 bridgehead atoms. The van der Waals surface area contributed by atoms with Crippen molar-refractivity contribution in [2.75, 3.05) is 19.6 Å². The highest BCUT2D eigenvalue weighted by atomic mass is 15.3. The number of hydrogen-bond acceptors (Lipinski definition) is 3. The summed E-state index contributed by atoms with van der Waals surface area (Å²) in [4.78, 5) is 0. The van der Waals surface area contributed by atoms with E-state index in [1.54, 1.807) is 0 Å². The maximum absolute atomic E-state index is 6.27. The van der Waals surface area contributed by atoms with Crippen molar-refractivity contribution in [1.82, 2.24) is 10.7 Å². The normalized spacial score (nSPS) is 23.8. The zero-order chi connectivity index (χ0) is 14.4. The summed E-state index contributed by atoms with van der Waals surface area (Å²) in [6.45, 7) is 7.69. The SMILES string of the molecule is CC(C)(/C(N)=N/NCC1CCCCC1)C1CCNCC1. The monoisotopic (exact) mass is 280 g/mol. The van der Waals surface area contributed by atoms with E-state index in [0.717, 1.165) is 31.4 Å². The van der Waals surface area contributed by atoms with E-state index in [4.69, 9.17) is 5.73 Å². The summed E-state index contributed by atoms with van der Waals surface area (Å²) in [6.07, 6.45) is 9.26. The molecule has 4 nitrogen and oxygen atoms in total. The Morgan fingerprint density at radius 1 is 1.15 bits per heavy atom. The van der Waals surface area contributed by atoms with Crippen molar-refractivity contribution >= 4 is 5.84 Å². The van der Waals surface area contributed by atoms with Crippen LogP contribution in [0.4, 0.5) is 0 Å². The summed E-state index contributed by atoms with van der Waals surface area (Å²) in [7, 11) is 0. The van der Waals surface area contributed by atoms with Gasteiger partial charge in [-0.15, -0.1) is 0 Å². The second-order valence-electron chi connectivity index (χ2n) is 7.11. The van der Waals surface area contributed by atoms with Crippen LogP contribution in [0.1, 0.15) is 58.8 Å². The molecule has 0 aromatic heterocycles. The third-order valence-electron chi connectivity index (χ3n) is 5.32. The lowest BCUT2D eigenvalue weighted by Gasteiger charge is -2.36. The average molecular weight is 280 g/mol. The molecule has 1 aliphatic carbocycles. The number of hydrazone groups is 1. The van der Waals surface area contributed by atoms with Gasteiger partial charge >= 0.3 is 0 Å². The first-order valence-electron chi connectivity index (χ1n) is 8.38. The molecule has 1 aliphatic heterocycles. The quantitative estimate of drug-likeness (QED) is 0.412. The van der Waals surface area contributed by atoms with E-state index in [0.29, 0.717) is 5.92 Å². The van der Waals surface area contributed by atoms with Gasteiger partial charge in [0.2, 0.25) is 0 Å². The molecule has 4 heteroatoms. The smallest absolute Gasteiger partial charge is 0.125 e. The molecule has 0 aromatic carbocycles. The number of nitrogens with one attached hydrogen (secondary N) is 2. The minimum atomic E-state index is 0.00165. The Bertz CT molecular complexity index is 312. The van der Waals surface area contributed by atoms with Crippen molar-refractivity contribution in [2.45, 2.75) is 58.8 Å². The van der Waals surface area contributed by atoms with Crippen molar-refractivity contribution in [3.8, 4) is 0 Å². The van der Waals surface area contributed by atoms with E-state index in [1.165, 1.54) is 44.9 Å². The van der Waals surface area contributed by atoms with Crippen LogP contribution in [0.3, 0.4) is 0 Å². The number of hydrogen-bond donors (Lipinski definition) is 3. The maximum Gasteiger partial charge on any atom is 0.125 e. The van der Waals surface area contributed by atoms with E-state index in [2.05, 4.69) is 29.7 Å². The third kappa shape index (κ3) is 4.11. The van der Waals surface area contributed by atoms with Crippen molar-refractivity contribution in [3.63, 3.8) is 0 Å². The van der Waals surface area contributed by atoms with E-state index < -0.39 is 0 Å². The molecule has 0 unspecified atom stereocenters. The lowest BCUT2D eigenvalue weighted by molar-refractivity contribution is 0.237. The predicted molar refractivity (Wildman–Crippen MR) is 85.6 cm³/mol. The topological polar surface area (TPSA) is 62.4 Å². The molecule has 2 rings (SSSR count). The van der Waals surface area contributed by atoms with Crippen LogP contribution in [0, 0.1) is 17.3 Å². The lowest BCUT2D eigenvalue weighted by Crippen LogP contribution is -2.44. The number of amidine groups is 1. The summed E-state index contributed by atoms with van der Waals surface area (Å²) in [5, 5.41) is 7.90. The molecule has 0 atom stereocenters. The minimum absolute atomic E-state index is 0.00165. The van der Waals surface area contributed by atoms with Gasteiger partial charge in [-0.3, -0.25) is 0 Å². The zero-order valence-corrected chi connectivity index (χ0v) is 13.3. The minimum Gasteiger partial charge on any atom is -0.385 e. The Hall–Kier alpha value is -0.770. The summed E-state index contributed by atoms with van der Waals surface area (Å²) < 4.78 is 0. The highest BCUT2D eigenvalue weighted by molar-refractivity contribution is 5.85. The van der Waals surface area contributed by atoms with Gasteiger partial charge in [-0.25, -0.2) is 0 Å². The summed E-state index contributed by atoms with van der Waals surface area (Å²) in [6, 6.07) is 0. The standard InChI is InChI=1S/C16H32N4/c1-16(2,14-8-10-18-11-9-14)15(17)20-19-12-13-6-4-3-5-7-13/h13-14,18-19H,3-12H2,1-2H3,(H2,17,20). The van der Waals surface area contributed by atoms with Crippen LogP contribution in [0.15, 0.2) is 5.10 Å². The summed E-state index contributed by atoms with van der Waals surface area (Å²) in [5.74, 6) is 2.21. The van der Waals surface area contributed by atoms with Gasteiger partial charge < -0.3 is 16.5 Å². The molecule has 0 aromatic rings. The van der Waals surface area contributed by atoms with Crippen LogP contribution < -0.4 is 16.5 Å². The molecular formula is C16H32N4. The molecule has 1 saturated heterocycles. The van der Waals surface area contributed by atoms with Crippen LogP contribution in [-0.4, -0.2) is 25.5 Å². The Balaban J connectivity index is 1.81. The number of nitrogens with two attached hydrogens (primary N) is 1. The second-order valence-corrected chi connectivity index (χ2v) is 7.11. The first-order valence-corrected chi connectivity index (χ1v) is 8.38. The van der Waals surface area contributed by atoms with Gasteiger partial charge in [0.05, 0.1) is 0 Å². The van der Waals surface area contributed by atoms with E-state index in [-0.39, 0.29) is 5.41 Å². The molecule has 1 saturated carbocycles. The largest absolute Gasteiger partial charge is 0.385 e. The Morgan fingerprint density at radius 2 is 1.80 bits per heavy atom. The fourth-order valence-corrected chi connectivity index (χ4v) is 3.55. The van der Waals surface area contributed by atoms with Crippen LogP contribution in [0.5, 0.6) is 0 Å². The van der Waals surface area contributed by atoms with Crippen LogP contribution in [0.2, 0.25) is 0 Å². The molecule has 20 heavy (non-hydrogen) atoms. The van der Waals surface area contributed by atoms with Crippen molar-refractivity contribution in [2.24, 2.45) is 28.1 Å². The fraction of sp³-hybridized carbons (Fsp3) is 0.938. The molecule has 4 N–H and O–H groups in total. The van der Waals surface area contributed by atoms with E-state index in [9.17, 15) is 0 Å². The van der Waals surface area contributed by atoms with Gasteiger partial charge in [0.25, 0.3) is 0 Å². The average Bonchev–Trinajstić information content (AvgIpc) is 2.49. The molecule has 0 radical (unpaired) electrons. The Kier molecular flexibility index (Phi) is 5.70. The molecular weight excluding hydrogens is 248 g/mol. The van der Waals surface area contributed by atoms with Gasteiger partial charge in [-0.05, 0) is 50.6 Å². The van der Waals surface area contributed by atoms with E-state index >= 15 is 0 Å². The Labute approximate surface area is 124 Å². The number of piperidine rings is 1. The number of nitrogens with zero attached hydrogens (tertiary/aromatic N) is 1. The van der Waals surface area contributed by atoms with Gasteiger partial charge in [-0.1, -0.05) is 33.1 Å². The van der Waals surface area contributed by atoms with Crippen molar-refractivity contribution in [3.05, 3.63) is 0 Å². The van der Waals surface area contributed by atoms with Gasteiger partial charge in [-0.2, -0.15) is 5.10 Å². The maximum atomic E-state index is 6.27. The second kappa shape index (κ2) is 7.30. The lowest BCUT2D eigenvalue weighted by atomic mass is 9.73. The molecule has 0 amide bonds. The summed E-state index contributed by atoms with van der Waals surface area (Å²) >= 11 is 0. The van der Waals surface area contributed by atoms with Crippen LogP contribution in [-0.2, 0) is 0 Å². The van der Waals surface area contributed by atoms with E-state index in [1.807, 2.05) is 0 Å². The van der Waals surface area contributed by atoms with Gasteiger partial charge in [0, 0.05) is 12.0 Å². The molecule has 116 valence electrons. The Morgan fingerprint density at radius 3 is 2.45 bits per heavy atom. The fourth-order valence-electron chi connectivity index (χ4n) is 3.55. The summed E-state index contributed by atoms with van der Waals surface area (Å²) in [5.41, 5.74) is 9.51. The number of rotatable bonds is 5. The van der Waals surface area contributed by atoms with Gasteiger partial charge in [0.15, 0.2) is 0 Å². The van der Waals surface area contributed by atoms with Crippen molar-refractivity contribution < 1.29 is 0 Å². The third-order valence-corrected chi connectivity index (χ3v) is 5.32. The molecule has 1 heterocycles. The highest BCUT2D eigenvalue weighted by Gasteiger charge is 2.34. The first kappa shape index (κ1) is 15.6. The van der Waals surface area contributed by atoms with Crippen molar-refractivity contribution in [1.29, 1.82) is 0 Å².